The van der Waals surface area contributed by atoms with Crippen molar-refractivity contribution in [3.63, 3.8) is 0 Å². The van der Waals surface area contributed by atoms with Crippen LogP contribution >= 0.6 is 23.2 Å². The van der Waals surface area contributed by atoms with Gasteiger partial charge in [0.1, 0.15) is 11.3 Å². The van der Waals surface area contributed by atoms with Crippen LogP contribution in [0.3, 0.4) is 0 Å². The number of rotatable bonds is 4. The van der Waals surface area contributed by atoms with Crippen molar-refractivity contribution >= 4 is 46.0 Å². The van der Waals surface area contributed by atoms with E-state index in [0.717, 1.165) is 0 Å². The summed E-state index contributed by atoms with van der Waals surface area (Å²) in [6.45, 7) is 0. The number of carbonyl (C=O) groups is 2. The highest BCUT2D eigenvalue weighted by Gasteiger charge is 2.26. The van der Waals surface area contributed by atoms with Crippen molar-refractivity contribution in [2.75, 3.05) is 0 Å². The number of aromatic nitrogens is 1. The molecule has 0 unspecified atom stereocenters. The molecule has 1 aromatic heterocycles. The van der Waals surface area contributed by atoms with Gasteiger partial charge in [-0.05, 0) is 30.3 Å². The van der Waals surface area contributed by atoms with Gasteiger partial charge in [0.05, 0.1) is 10.5 Å². The van der Waals surface area contributed by atoms with Crippen LogP contribution in [0.4, 0.5) is 0 Å². The molecular formula is C17H9Cl2NO5. The lowest BCUT2D eigenvalue weighted by Gasteiger charge is -2.14. The number of aromatic carboxylic acids is 2. The van der Waals surface area contributed by atoms with Gasteiger partial charge in [-0.15, -0.1) is 0 Å². The van der Waals surface area contributed by atoms with E-state index in [1.807, 2.05) is 0 Å². The highest BCUT2D eigenvalue weighted by Crippen LogP contribution is 2.38. The van der Waals surface area contributed by atoms with Crippen molar-refractivity contribution in [3.8, 4) is 11.5 Å². The maximum absolute atomic E-state index is 11.7. The second-order valence-corrected chi connectivity index (χ2v) is 5.81. The Hall–Kier alpha value is -2.83. The van der Waals surface area contributed by atoms with Crippen LogP contribution in [0.1, 0.15) is 20.8 Å². The molecule has 0 aliphatic heterocycles. The number of carboxylic acid groups (broad SMARTS) is 2. The average Bonchev–Trinajstić information content (AvgIpc) is 2.56. The lowest BCUT2D eigenvalue weighted by Crippen LogP contribution is -2.13. The van der Waals surface area contributed by atoms with Gasteiger partial charge >= 0.3 is 11.9 Å². The van der Waals surface area contributed by atoms with E-state index in [1.54, 1.807) is 24.3 Å². The van der Waals surface area contributed by atoms with Gasteiger partial charge in [-0.2, -0.15) is 0 Å². The molecule has 126 valence electrons. The van der Waals surface area contributed by atoms with Gasteiger partial charge in [-0.1, -0.05) is 35.3 Å². The molecule has 6 nitrogen and oxygen atoms in total. The summed E-state index contributed by atoms with van der Waals surface area (Å²) < 4.78 is 5.69. The first-order chi connectivity index (χ1) is 11.9. The number of para-hydroxylation sites is 1. The lowest BCUT2D eigenvalue weighted by molar-refractivity contribution is 0.0644. The molecule has 0 aliphatic rings. The number of carboxylic acids is 2. The molecule has 1 heterocycles. The predicted octanol–water partition coefficient (Wildman–Crippen LogP) is 4.73. The molecule has 0 saturated heterocycles. The fourth-order valence-electron chi connectivity index (χ4n) is 2.31. The van der Waals surface area contributed by atoms with E-state index in [2.05, 4.69) is 4.98 Å². The standard InChI is InChI=1S/C17H9Cl2NO5/c18-8-5-6-12(10(19)7-8)25-15-9-3-1-2-4-11(9)20-14(17(23)24)13(15)16(21)22/h1-7H,(H,21,22)(H,23,24). The third-order valence-electron chi connectivity index (χ3n) is 3.37. The molecule has 0 saturated carbocycles. The third kappa shape index (κ3) is 3.22. The van der Waals surface area contributed by atoms with E-state index in [1.165, 1.54) is 18.2 Å². The molecule has 25 heavy (non-hydrogen) atoms. The van der Waals surface area contributed by atoms with Crippen LogP contribution in [0.15, 0.2) is 42.5 Å². The van der Waals surface area contributed by atoms with Gasteiger partial charge in [0.15, 0.2) is 11.4 Å². The van der Waals surface area contributed by atoms with E-state index in [4.69, 9.17) is 27.9 Å². The summed E-state index contributed by atoms with van der Waals surface area (Å²) in [5, 5.41) is 19.7. The first kappa shape index (κ1) is 17.0. The summed E-state index contributed by atoms with van der Waals surface area (Å²) in [5.41, 5.74) is -0.895. The fraction of sp³-hybridized carbons (Fsp3) is 0. The summed E-state index contributed by atoms with van der Waals surface area (Å²) >= 11 is 11.9. The molecule has 3 rings (SSSR count). The Morgan fingerprint density at radius 2 is 1.72 bits per heavy atom. The van der Waals surface area contributed by atoms with E-state index in [-0.39, 0.29) is 22.0 Å². The molecule has 0 atom stereocenters. The summed E-state index contributed by atoms with van der Waals surface area (Å²) in [6.07, 6.45) is 0. The van der Waals surface area contributed by atoms with Crippen molar-refractivity contribution in [2.24, 2.45) is 0 Å². The molecule has 0 fully saturated rings. The van der Waals surface area contributed by atoms with Crippen molar-refractivity contribution < 1.29 is 24.5 Å². The van der Waals surface area contributed by atoms with Crippen molar-refractivity contribution in [1.82, 2.24) is 4.98 Å². The maximum Gasteiger partial charge on any atom is 0.355 e. The molecule has 2 aromatic carbocycles. The Bertz CT molecular complexity index is 1020. The Kier molecular flexibility index (Phi) is 4.48. The number of ether oxygens (including phenoxy) is 1. The summed E-state index contributed by atoms with van der Waals surface area (Å²) in [6, 6.07) is 10.9. The van der Waals surface area contributed by atoms with E-state index in [0.29, 0.717) is 10.4 Å². The molecule has 0 spiro atoms. The van der Waals surface area contributed by atoms with E-state index in [9.17, 15) is 19.8 Å². The maximum atomic E-state index is 11.7. The number of benzene rings is 2. The fourth-order valence-corrected chi connectivity index (χ4v) is 2.76. The van der Waals surface area contributed by atoms with Crippen molar-refractivity contribution in [1.29, 1.82) is 0 Å². The highest BCUT2D eigenvalue weighted by molar-refractivity contribution is 6.35. The Balaban J connectivity index is 2.32. The summed E-state index contributed by atoms with van der Waals surface area (Å²) in [4.78, 5) is 27.1. The number of nitrogens with zero attached hydrogens (tertiary/aromatic N) is 1. The van der Waals surface area contributed by atoms with Crippen LogP contribution in [-0.4, -0.2) is 27.1 Å². The molecule has 0 aliphatic carbocycles. The second-order valence-electron chi connectivity index (χ2n) is 4.97. The van der Waals surface area contributed by atoms with Gasteiger partial charge in [0.2, 0.25) is 0 Å². The third-order valence-corrected chi connectivity index (χ3v) is 3.90. The van der Waals surface area contributed by atoms with Crippen LogP contribution in [0.2, 0.25) is 10.0 Å². The molecule has 2 N–H and O–H groups in total. The van der Waals surface area contributed by atoms with Crippen molar-refractivity contribution in [3.05, 3.63) is 63.8 Å². The predicted molar refractivity (Wildman–Crippen MR) is 92.2 cm³/mol. The summed E-state index contributed by atoms with van der Waals surface area (Å²) in [5.74, 6) is -2.97. The van der Waals surface area contributed by atoms with Crippen LogP contribution in [0.5, 0.6) is 11.5 Å². The first-order valence-electron chi connectivity index (χ1n) is 6.90. The van der Waals surface area contributed by atoms with Crippen LogP contribution < -0.4 is 4.74 Å². The average molecular weight is 378 g/mol. The molecule has 3 aromatic rings. The van der Waals surface area contributed by atoms with E-state index >= 15 is 0 Å². The smallest absolute Gasteiger partial charge is 0.355 e. The normalized spacial score (nSPS) is 10.6. The number of hydrogen-bond acceptors (Lipinski definition) is 4. The van der Waals surface area contributed by atoms with Gasteiger partial charge in [0, 0.05) is 10.4 Å². The second kappa shape index (κ2) is 6.58. The number of halogens is 2. The minimum atomic E-state index is -1.48. The number of hydrogen-bond donors (Lipinski definition) is 2. The monoisotopic (exact) mass is 377 g/mol. The highest BCUT2D eigenvalue weighted by atomic mass is 35.5. The number of pyridine rings is 1. The number of fused-ring (bicyclic) bond motifs is 1. The molecule has 0 amide bonds. The minimum absolute atomic E-state index is 0.140. The zero-order valence-corrected chi connectivity index (χ0v) is 13.9. The van der Waals surface area contributed by atoms with Gasteiger partial charge in [0.25, 0.3) is 0 Å². The largest absolute Gasteiger partial charge is 0.477 e. The van der Waals surface area contributed by atoms with E-state index < -0.39 is 23.2 Å². The van der Waals surface area contributed by atoms with Crippen LogP contribution in [-0.2, 0) is 0 Å². The Morgan fingerprint density at radius 3 is 2.36 bits per heavy atom. The van der Waals surface area contributed by atoms with Crippen molar-refractivity contribution in [2.45, 2.75) is 0 Å². The lowest BCUT2D eigenvalue weighted by atomic mass is 10.1. The van der Waals surface area contributed by atoms with Gasteiger partial charge in [-0.3, -0.25) is 0 Å². The Morgan fingerprint density at radius 1 is 1.00 bits per heavy atom. The molecule has 0 radical (unpaired) electrons. The Labute approximate surface area is 151 Å². The van der Waals surface area contributed by atoms with Gasteiger partial charge in [-0.25, -0.2) is 14.6 Å². The van der Waals surface area contributed by atoms with Gasteiger partial charge < -0.3 is 14.9 Å². The summed E-state index contributed by atoms with van der Waals surface area (Å²) in [7, 11) is 0. The molecule has 8 heteroatoms. The molecular weight excluding hydrogens is 369 g/mol. The van der Waals surface area contributed by atoms with Crippen LogP contribution in [0, 0.1) is 0 Å². The molecule has 0 bridgehead atoms. The minimum Gasteiger partial charge on any atom is -0.477 e. The topological polar surface area (TPSA) is 96.7 Å². The first-order valence-corrected chi connectivity index (χ1v) is 7.66. The zero-order chi connectivity index (χ0) is 18.1. The SMILES string of the molecule is O=C(O)c1nc2ccccc2c(Oc2ccc(Cl)cc2Cl)c1C(=O)O. The zero-order valence-electron chi connectivity index (χ0n) is 12.4. The van der Waals surface area contributed by atoms with Crippen LogP contribution in [0.25, 0.3) is 10.9 Å². The quantitative estimate of drug-likeness (QED) is 0.681.